The zero-order valence-corrected chi connectivity index (χ0v) is 19.4. The Kier molecular flexibility index (Phi) is 6.01. The Balaban J connectivity index is 1.52. The maximum absolute atomic E-state index is 13.1. The summed E-state index contributed by atoms with van der Waals surface area (Å²) in [5.41, 5.74) is 0.207. The molecule has 1 N–H and O–H groups in total. The van der Waals surface area contributed by atoms with Crippen LogP contribution in [0.15, 0.2) is 58.5 Å². The summed E-state index contributed by atoms with van der Waals surface area (Å²) in [6.45, 7) is 2.36. The van der Waals surface area contributed by atoms with Gasteiger partial charge in [0.25, 0.3) is 5.91 Å². The van der Waals surface area contributed by atoms with Crippen molar-refractivity contribution < 1.29 is 26.4 Å². The molecule has 2 aromatic carbocycles. The molecule has 0 aromatic heterocycles. The number of nitrogens with one attached hydrogen (secondary N) is 1. The van der Waals surface area contributed by atoms with Crippen molar-refractivity contribution in [2.45, 2.75) is 31.6 Å². The minimum absolute atomic E-state index is 0.204. The van der Waals surface area contributed by atoms with E-state index in [1.165, 1.54) is 12.1 Å². The zero-order valence-electron chi connectivity index (χ0n) is 18.6. The number of aliphatic imine (C=N–C) groups is 2. The first-order chi connectivity index (χ1) is 15.9. The first kappa shape index (κ1) is 23.9. The predicted molar refractivity (Wildman–Crippen MR) is 124 cm³/mol. The molecular formula is C23H23F3N4O3S. The third-order valence-electron chi connectivity index (χ3n) is 5.81. The number of para-hydroxylation sites is 1. The molecule has 1 fully saturated rings. The van der Waals surface area contributed by atoms with Crippen molar-refractivity contribution in [1.82, 2.24) is 4.90 Å². The fourth-order valence-electron chi connectivity index (χ4n) is 4.22. The molecule has 2 heterocycles. The molecular weight excluding hydrogens is 469 g/mol. The lowest BCUT2D eigenvalue weighted by atomic mass is 9.97. The van der Waals surface area contributed by atoms with Crippen LogP contribution in [0.4, 0.5) is 18.9 Å². The number of piperidine rings is 1. The van der Waals surface area contributed by atoms with Gasteiger partial charge in [0.15, 0.2) is 5.66 Å². The molecule has 0 saturated carbocycles. The fourth-order valence-corrected chi connectivity index (χ4v) is 4.79. The van der Waals surface area contributed by atoms with Crippen molar-refractivity contribution in [2.24, 2.45) is 9.98 Å². The number of amides is 1. The summed E-state index contributed by atoms with van der Waals surface area (Å²) in [7, 11) is -3.56. The van der Waals surface area contributed by atoms with Gasteiger partial charge in [0.05, 0.1) is 34.5 Å². The Labute approximate surface area is 195 Å². The summed E-state index contributed by atoms with van der Waals surface area (Å²) in [5.74, 6) is -0.317. The SMILES string of the molecule is CC1=NC2(CCN(C(=O)c3ccccc3NS(C)(=O)=O)CC2)N=C1c1cccc(C(F)(F)F)c1. The second-order valence-corrected chi connectivity index (χ2v) is 10.2. The van der Waals surface area contributed by atoms with Crippen LogP contribution in [0.5, 0.6) is 0 Å². The Morgan fingerprint density at radius 1 is 1.06 bits per heavy atom. The van der Waals surface area contributed by atoms with Gasteiger partial charge in [0, 0.05) is 31.5 Å². The molecule has 11 heteroatoms. The fraction of sp³-hybridized carbons (Fsp3) is 0.348. The number of benzene rings is 2. The third kappa shape index (κ3) is 4.98. The normalized spacial score (nSPS) is 18.0. The van der Waals surface area contributed by atoms with E-state index in [2.05, 4.69) is 9.71 Å². The van der Waals surface area contributed by atoms with Crippen molar-refractivity contribution in [1.29, 1.82) is 0 Å². The number of hydrogen-bond donors (Lipinski definition) is 1. The Morgan fingerprint density at radius 2 is 1.74 bits per heavy atom. The topological polar surface area (TPSA) is 91.2 Å². The highest BCUT2D eigenvalue weighted by molar-refractivity contribution is 7.92. The van der Waals surface area contributed by atoms with Crippen LogP contribution in [-0.2, 0) is 16.2 Å². The first-order valence-corrected chi connectivity index (χ1v) is 12.5. The molecule has 2 aromatic rings. The van der Waals surface area contributed by atoms with Crippen molar-refractivity contribution in [3.8, 4) is 0 Å². The van der Waals surface area contributed by atoms with Crippen LogP contribution < -0.4 is 4.72 Å². The average molecular weight is 493 g/mol. The molecule has 4 rings (SSSR count). The van der Waals surface area contributed by atoms with Crippen LogP contribution in [-0.4, -0.2) is 55.7 Å². The summed E-state index contributed by atoms with van der Waals surface area (Å²) in [6, 6.07) is 11.4. The Hall–Kier alpha value is -3.21. The van der Waals surface area contributed by atoms with E-state index in [4.69, 9.17) is 4.99 Å². The van der Waals surface area contributed by atoms with Gasteiger partial charge in [0.1, 0.15) is 0 Å². The molecule has 0 unspecified atom stereocenters. The summed E-state index contributed by atoms with van der Waals surface area (Å²) in [5, 5.41) is 0. The molecule has 0 bridgehead atoms. The Morgan fingerprint density at radius 3 is 2.38 bits per heavy atom. The predicted octanol–water partition coefficient (Wildman–Crippen LogP) is 3.97. The highest BCUT2D eigenvalue weighted by atomic mass is 32.2. The van der Waals surface area contributed by atoms with E-state index in [1.54, 1.807) is 36.1 Å². The van der Waals surface area contributed by atoms with Crippen LogP contribution in [0, 0.1) is 0 Å². The van der Waals surface area contributed by atoms with Gasteiger partial charge in [-0.2, -0.15) is 13.2 Å². The molecule has 1 amide bonds. The molecule has 180 valence electrons. The van der Waals surface area contributed by atoms with Crippen LogP contribution in [0.1, 0.15) is 41.3 Å². The summed E-state index contributed by atoms with van der Waals surface area (Å²) >= 11 is 0. The van der Waals surface area contributed by atoms with Crippen molar-refractivity contribution in [3.05, 3.63) is 65.2 Å². The van der Waals surface area contributed by atoms with E-state index >= 15 is 0 Å². The van der Waals surface area contributed by atoms with Crippen molar-refractivity contribution in [3.63, 3.8) is 0 Å². The largest absolute Gasteiger partial charge is 0.416 e. The molecule has 0 aliphatic carbocycles. The molecule has 34 heavy (non-hydrogen) atoms. The van der Waals surface area contributed by atoms with Crippen LogP contribution in [0.3, 0.4) is 0 Å². The van der Waals surface area contributed by atoms with E-state index in [0.29, 0.717) is 42.9 Å². The van der Waals surface area contributed by atoms with Crippen molar-refractivity contribution >= 4 is 33.0 Å². The lowest BCUT2D eigenvalue weighted by Gasteiger charge is -2.35. The van der Waals surface area contributed by atoms with E-state index in [-0.39, 0.29) is 17.2 Å². The van der Waals surface area contributed by atoms with Gasteiger partial charge >= 0.3 is 6.18 Å². The number of carbonyl (C=O) groups excluding carboxylic acids is 1. The van der Waals surface area contributed by atoms with Crippen LogP contribution in [0.2, 0.25) is 0 Å². The minimum atomic E-state index is -4.45. The number of sulfonamides is 1. The van der Waals surface area contributed by atoms with Gasteiger partial charge < -0.3 is 4.90 Å². The first-order valence-electron chi connectivity index (χ1n) is 10.6. The summed E-state index contributed by atoms with van der Waals surface area (Å²) < 4.78 is 65.1. The van der Waals surface area contributed by atoms with Gasteiger partial charge in [-0.1, -0.05) is 24.3 Å². The number of rotatable bonds is 4. The average Bonchev–Trinajstić information content (AvgIpc) is 3.08. The zero-order chi connectivity index (χ0) is 24.7. The number of likely N-dealkylation sites (tertiary alicyclic amines) is 1. The molecule has 1 saturated heterocycles. The standard InChI is InChI=1S/C23H23F3N4O3S/c1-15-20(16-6-5-7-17(14-16)23(24,25)26)28-22(27-15)10-12-30(13-11-22)21(31)18-8-3-4-9-19(18)29-34(2,32)33/h3-9,14,29H,10-13H2,1-2H3. The second-order valence-electron chi connectivity index (χ2n) is 8.43. The number of alkyl halides is 3. The van der Waals surface area contributed by atoms with E-state index < -0.39 is 27.4 Å². The smallest absolute Gasteiger partial charge is 0.338 e. The number of anilines is 1. The van der Waals surface area contributed by atoms with E-state index in [1.807, 2.05) is 0 Å². The summed E-state index contributed by atoms with van der Waals surface area (Å²) in [6.07, 6.45) is -2.63. The third-order valence-corrected chi connectivity index (χ3v) is 6.40. The number of hydrogen-bond acceptors (Lipinski definition) is 5. The van der Waals surface area contributed by atoms with Gasteiger partial charge in [0.2, 0.25) is 10.0 Å². The molecule has 7 nitrogen and oxygen atoms in total. The number of halogens is 3. The molecule has 2 aliphatic heterocycles. The highest BCUT2D eigenvalue weighted by Gasteiger charge is 2.40. The van der Waals surface area contributed by atoms with E-state index in [0.717, 1.165) is 18.4 Å². The maximum atomic E-state index is 13.1. The molecule has 0 atom stereocenters. The molecule has 2 aliphatic rings. The van der Waals surface area contributed by atoms with Gasteiger partial charge in [-0.05, 0) is 31.2 Å². The lowest BCUT2D eigenvalue weighted by Crippen LogP contribution is -2.44. The Bertz CT molecular complexity index is 1290. The van der Waals surface area contributed by atoms with Gasteiger partial charge in [-0.25, -0.2) is 8.42 Å². The molecule has 0 radical (unpaired) electrons. The monoisotopic (exact) mass is 492 g/mol. The summed E-state index contributed by atoms with van der Waals surface area (Å²) in [4.78, 5) is 24.1. The minimum Gasteiger partial charge on any atom is -0.338 e. The van der Waals surface area contributed by atoms with Crippen LogP contribution in [0.25, 0.3) is 0 Å². The van der Waals surface area contributed by atoms with Gasteiger partial charge in [-0.3, -0.25) is 19.5 Å². The molecule has 1 spiro atoms. The maximum Gasteiger partial charge on any atom is 0.416 e. The van der Waals surface area contributed by atoms with E-state index in [9.17, 15) is 26.4 Å². The lowest BCUT2D eigenvalue weighted by molar-refractivity contribution is -0.137. The van der Waals surface area contributed by atoms with Crippen LogP contribution >= 0.6 is 0 Å². The highest BCUT2D eigenvalue weighted by Crippen LogP contribution is 2.35. The quantitative estimate of drug-likeness (QED) is 0.700. The van der Waals surface area contributed by atoms with Crippen molar-refractivity contribution in [2.75, 3.05) is 24.1 Å². The second kappa shape index (κ2) is 8.53. The number of carbonyl (C=O) groups is 1. The number of nitrogens with zero attached hydrogens (tertiary/aromatic N) is 3. The van der Waals surface area contributed by atoms with Gasteiger partial charge in [-0.15, -0.1) is 0 Å².